The zero-order valence-electron chi connectivity index (χ0n) is 11.8. The van der Waals surface area contributed by atoms with E-state index in [4.69, 9.17) is 4.74 Å². The van der Waals surface area contributed by atoms with E-state index in [1.807, 2.05) is 13.0 Å². The normalized spacial score (nSPS) is 15.2. The van der Waals surface area contributed by atoms with E-state index in [9.17, 15) is 0 Å². The number of nitrogens with one attached hydrogen (secondary N) is 1. The van der Waals surface area contributed by atoms with E-state index >= 15 is 0 Å². The molecular weight excluding hydrogens is 306 g/mol. The lowest BCUT2D eigenvalue weighted by Gasteiger charge is -2.27. The summed E-state index contributed by atoms with van der Waals surface area (Å²) in [6.07, 6.45) is 0. The Morgan fingerprint density at radius 1 is 1.33 bits per heavy atom. The third-order valence-corrected chi connectivity index (χ3v) is 4.82. The summed E-state index contributed by atoms with van der Waals surface area (Å²) < 4.78 is 6.56. The lowest BCUT2D eigenvalue weighted by atomic mass is 10.4. The van der Waals surface area contributed by atoms with Gasteiger partial charge < -0.3 is 15.0 Å². The fourth-order valence-electron chi connectivity index (χ4n) is 1.94. The molecule has 6 nitrogen and oxygen atoms in total. The third kappa shape index (κ3) is 3.84. The van der Waals surface area contributed by atoms with Crippen LogP contribution in [0.15, 0.2) is 26.9 Å². The summed E-state index contributed by atoms with van der Waals surface area (Å²) in [5.41, 5.74) is 0. The zero-order valence-corrected chi connectivity index (χ0v) is 13.4. The number of anilines is 2. The Morgan fingerprint density at radius 2 is 2.19 bits per heavy atom. The molecule has 3 rings (SSSR count). The van der Waals surface area contributed by atoms with Crippen LogP contribution in [0.2, 0.25) is 0 Å². The van der Waals surface area contributed by atoms with E-state index in [1.54, 1.807) is 23.1 Å². The van der Waals surface area contributed by atoms with Crippen molar-refractivity contribution in [3.63, 3.8) is 0 Å². The third-order valence-electron chi connectivity index (χ3n) is 2.92. The van der Waals surface area contributed by atoms with E-state index < -0.39 is 0 Å². The first-order valence-electron chi connectivity index (χ1n) is 6.89. The summed E-state index contributed by atoms with van der Waals surface area (Å²) in [5.74, 6) is 1.36. The van der Waals surface area contributed by atoms with Gasteiger partial charge in [-0.25, -0.2) is 0 Å². The molecule has 0 atom stereocenters. The van der Waals surface area contributed by atoms with Gasteiger partial charge in [0.25, 0.3) is 0 Å². The van der Waals surface area contributed by atoms with E-state index in [0.717, 1.165) is 44.0 Å². The molecule has 0 spiro atoms. The lowest BCUT2D eigenvalue weighted by molar-refractivity contribution is 0.122. The van der Waals surface area contributed by atoms with Crippen molar-refractivity contribution in [2.45, 2.75) is 16.3 Å². The van der Waals surface area contributed by atoms with Crippen LogP contribution < -0.4 is 10.2 Å². The predicted octanol–water partition coefficient (Wildman–Crippen LogP) is 2.35. The van der Waals surface area contributed by atoms with Crippen LogP contribution in [-0.4, -0.2) is 47.8 Å². The molecule has 8 heteroatoms. The van der Waals surface area contributed by atoms with Gasteiger partial charge in [-0.15, -0.1) is 11.3 Å². The lowest BCUT2D eigenvalue weighted by Crippen LogP contribution is -2.37. The molecule has 0 radical (unpaired) electrons. The molecule has 0 saturated carbocycles. The van der Waals surface area contributed by atoms with Crippen LogP contribution in [0.1, 0.15) is 6.92 Å². The summed E-state index contributed by atoms with van der Waals surface area (Å²) in [7, 11) is 0. The molecule has 0 amide bonds. The highest BCUT2D eigenvalue weighted by Crippen LogP contribution is 2.30. The Bertz CT molecular complexity index is 572. The number of hydrogen-bond acceptors (Lipinski definition) is 8. The average Bonchev–Trinajstić information content (AvgIpc) is 3.01. The summed E-state index contributed by atoms with van der Waals surface area (Å²) in [6, 6.07) is 4.10. The van der Waals surface area contributed by atoms with Gasteiger partial charge in [0, 0.05) is 19.6 Å². The Kier molecular flexibility index (Phi) is 4.89. The van der Waals surface area contributed by atoms with Gasteiger partial charge in [0.1, 0.15) is 0 Å². The molecule has 1 N–H and O–H groups in total. The van der Waals surface area contributed by atoms with Crippen molar-refractivity contribution in [3.05, 3.63) is 17.5 Å². The monoisotopic (exact) mass is 323 g/mol. The van der Waals surface area contributed by atoms with Crippen LogP contribution >= 0.6 is 23.1 Å². The van der Waals surface area contributed by atoms with Gasteiger partial charge in [0.05, 0.1) is 17.4 Å². The maximum atomic E-state index is 5.38. The molecule has 1 aliphatic rings. The Balaban J connectivity index is 1.85. The minimum absolute atomic E-state index is 0.632. The molecule has 2 aromatic rings. The molecular formula is C13H17N5OS2. The maximum absolute atomic E-state index is 5.38. The maximum Gasteiger partial charge on any atom is 0.231 e. The number of nitrogens with zero attached hydrogens (tertiary/aromatic N) is 4. The van der Waals surface area contributed by atoms with Crippen molar-refractivity contribution >= 4 is 35.0 Å². The second kappa shape index (κ2) is 7.06. The Labute approximate surface area is 132 Å². The second-order valence-corrected chi connectivity index (χ2v) is 6.62. The van der Waals surface area contributed by atoms with Crippen molar-refractivity contribution in [2.75, 3.05) is 43.1 Å². The van der Waals surface area contributed by atoms with Crippen molar-refractivity contribution in [1.82, 2.24) is 15.0 Å². The van der Waals surface area contributed by atoms with Crippen LogP contribution in [0.5, 0.6) is 0 Å². The summed E-state index contributed by atoms with van der Waals surface area (Å²) in [6.45, 7) is 5.89. The molecule has 1 fully saturated rings. The second-order valence-electron chi connectivity index (χ2n) is 4.41. The average molecular weight is 323 g/mol. The smallest absolute Gasteiger partial charge is 0.231 e. The molecule has 1 aliphatic heterocycles. The van der Waals surface area contributed by atoms with Crippen LogP contribution in [-0.2, 0) is 4.74 Å². The van der Waals surface area contributed by atoms with Gasteiger partial charge in [-0.3, -0.25) is 0 Å². The zero-order chi connectivity index (χ0) is 14.5. The Morgan fingerprint density at radius 3 is 2.90 bits per heavy atom. The van der Waals surface area contributed by atoms with Gasteiger partial charge in [-0.2, -0.15) is 15.0 Å². The van der Waals surface area contributed by atoms with Crippen LogP contribution in [0.4, 0.5) is 11.9 Å². The fourth-order valence-corrected chi connectivity index (χ4v) is 3.56. The van der Waals surface area contributed by atoms with Gasteiger partial charge >= 0.3 is 0 Å². The first kappa shape index (κ1) is 14.6. The summed E-state index contributed by atoms with van der Waals surface area (Å²) in [4.78, 5) is 15.7. The van der Waals surface area contributed by atoms with Gasteiger partial charge in [-0.1, -0.05) is 6.07 Å². The van der Waals surface area contributed by atoms with E-state index in [2.05, 4.69) is 36.6 Å². The van der Waals surface area contributed by atoms with Gasteiger partial charge in [-0.05, 0) is 30.1 Å². The van der Waals surface area contributed by atoms with Crippen molar-refractivity contribution < 1.29 is 4.74 Å². The predicted molar refractivity (Wildman–Crippen MR) is 85.5 cm³/mol. The standard InChI is InChI=1S/C13H17N5OS2/c1-2-14-11-15-12(18-5-7-19-8-6-18)17-13(16-11)21-10-4-3-9-20-10/h3-4,9H,2,5-8H2,1H3,(H,14,15,16,17). The van der Waals surface area contributed by atoms with E-state index in [0.29, 0.717) is 5.95 Å². The van der Waals surface area contributed by atoms with Crippen LogP contribution in [0, 0.1) is 0 Å². The van der Waals surface area contributed by atoms with Crippen molar-refractivity contribution in [2.24, 2.45) is 0 Å². The number of thiophene rings is 1. The largest absolute Gasteiger partial charge is 0.378 e. The van der Waals surface area contributed by atoms with Crippen molar-refractivity contribution in [1.29, 1.82) is 0 Å². The highest BCUT2D eigenvalue weighted by atomic mass is 32.2. The number of morpholine rings is 1. The summed E-state index contributed by atoms with van der Waals surface area (Å²) in [5, 5.41) is 5.96. The number of ether oxygens (including phenoxy) is 1. The molecule has 1 saturated heterocycles. The molecule has 2 aromatic heterocycles. The quantitative estimate of drug-likeness (QED) is 0.906. The van der Waals surface area contributed by atoms with E-state index in [1.165, 1.54) is 4.21 Å². The minimum atomic E-state index is 0.632. The molecule has 112 valence electrons. The molecule has 0 aliphatic carbocycles. The molecule has 0 aromatic carbocycles. The Hall–Kier alpha value is -1.38. The van der Waals surface area contributed by atoms with Crippen LogP contribution in [0.3, 0.4) is 0 Å². The topological polar surface area (TPSA) is 63.2 Å². The fraction of sp³-hybridized carbons (Fsp3) is 0.462. The van der Waals surface area contributed by atoms with Crippen molar-refractivity contribution in [3.8, 4) is 0 Å². The molecule has 3 heterocycles. The molecule has 0 unspecified atom stereocenters. The highest BCUT2D eigenvalue weighted by molar-refractivity contribution is 8.01. The molecule has 0 bridgehead atoms. The minimum Gasteiger partial charge on any atom is -0.378 e. The number of aromatic nitrogens is 3. The summed E-state index contributed by atoms with van der Waals surface area (Å²) >= 11 is 3.26. The SMILES string of the molecule is CCNc1nc(Sc2cccs2)nc(N2CCOCC2)n1. The van der Waals surface area contributed by atoms with E-state index in [-0.39, 0.29) is 0 Å². The van der Waals surface area contributed by atoms with Gasteiger partial charge in [0.15, 0.2) is 5.16 Å². The van der Waals surface area contributed by atoms with Gasteiger partial charge in [0.2, 0.25) is 11.9 Å². The van der Waals surface area contributed by atoms with Crippen LogP contribution in [0.25, 0.3) is 0 Å². The number of hydrogen-bond donors (Lipinski definition) is 1. The first-order chi connectivity index (χ1) is 10.3. The first-order valence-corrected chi connectivity index (χ1v) is 8.59. The molecule has 21 heavy (non-hydrogen) atoms. The number of rotatable bonds is 5. The highest BCUT2D eigenvalue weighted by Gasteiger charge is 2.17.